The molecular weight excluding hydrogens is 174 g/mol. The number of hydrogen-bond donors (Lipinski definition) is 0. The van der Waals surface area contributed by atoms with Crippen LogP contribution in [-0.4, -0.2) is 25.9 Å². The molecule has 1 unspecified atom stereocenters. The Morgan fingerprint density at radius 2 is 1.73 bits per heavy atom. The minimum Gasteiger partial charge on any atom is -0.312 e. The molecule has 11 heavy (non-hydrogen) atoms. The van der Waals surface area contributed by atoms with Crippen LogP contribution in [0.25, 0.3) is 0 Å². The molecule has 1 radical (unpaired) electrons. The molecule has 0 bridgehead atoms. The van der Waals surface area contributed by atoms with E-state index in [9.17, 15) is 0 Å². The molecule has 1 atom stereocenters. The van der Waals surface area contributed by atoms with Gasteiger partial charge in [0.05, 0.1) is 0 Å². The van der Waals surface area contributed by atoms with E-state index >= 15 is 0 Å². The van der Waals surface area contributed by atoms with E-state index in [2.05, 4.69) is 32.3 Å². The lowest BCUT2D eigenvalue weighted by Crippen LogP contribution is -2.37. The van der Waals surface area contributed by atoms with Crippen LogP contribution in [0.3, 0.4) is 0 Å². The maximum absolute atomic E-state index is 6.33. The van der Waals surface area contributed by atoms with E-state index in [4.69, 9.17) is 11.1 Å². The fraction of sp³-hybridized carbons (Fsp3) is 1.00. The molecule has 0 saturated carbocycles. The highest BCUT2D eigenvalue weighted by Gasteiger charge is 2.21. The zero-order valence-corrected chi connectivity index (χ0v) is 9.78. The van der Waals surface area contributed by atoms with Crippen LogP contribution in [0.4, 0.5) is 0 Å². The van der Waals surface area contributed by atoms with Gasteiger partial charge in [0, 0.05) is 0 Å². The Labute approximate surface area is 77.1 Å². The Balaban J connectivity index is 3.86. The summed E-state index contributed by atoms with van der Waals surface area (Å²) >= 11 is 6.33. The van der Waals surface area contributed by atoms with E-state index in [1.165, 1.54) is 6.42 Å². The first kappa shape index (κ1) is 11.5. The first-order valence-electron chi connectivity index (χ1n) is 4.44. The first-order valence-corrected chi connectivity index (χ1v) is 6.98. The fourth-order valence-corrected chi connectivity index (χ4v) is 3.75. The Bertz CT molecular complexity index is 96.1. The van der Waals surface area contributed by atoms with Crippen molar-refractivity contribution < 1.29 is 0 Å². The summed E-state index contributed by atoms with van der Waals surface area (Å²) < 4.78 is 2.39. The Morgan fingerprint density at radius 1 is 1.27 bits per heavy atom. The predicted octanol–water partition coefficient (Wildman–Crippen LogP) is 2.86. The summed E-state index contributed by atoms with van der Waals surface area (Å²) in [6.45, 7) is 11.0. The summed E-state index contributed by atoms with van der Waals surface area (Å²) in [4.78, 5) is 0. The van der Waals surface area contributed by atoms with Crippen molar-refractivity contribution in [2.45, 2.75) is 39.7 Å². The monoisotopic (exact) mass is 192 g/mol. The van der Waals surface area contributed by atoms with Gasteiger partial charge in [0.2, 0.25) is 0 Å². The van der Waals surface area contributed by atoms with E-state index in [0.717, 1.165) is 13.1 Å². The molecule has 67 valence electrons. The van der Waals surface area contributed by atoms with Gasteiger partial charge in [-0.2, -0.15) is 0 Å². The molecule has 1 nitrogen and oxygen atoms in total. The van der Waals surface area contributed by atoms with Gasteiger partial charge in [-0.05, 0) is 18.6 Å². The Hall–Kier alpha value is 0.467. The van der Waals surface area contributed by atoms with Crippen LogP contribution in [0.2, 0.25) is 5.54 Å². The average Bonchev–Trinajstić information content (AvgIpc) is 2.05. The lowest BCUT2D eigenvalue weighted by atomic mass is 10.4. The minimum atomic E-state index is -0.753. The molecule has 0 aliphatic heterocycles. The second-order valence-corrected chi connectivity index (χ2v) is 6.23. The normalized spacial score (nSPS) is 14.5. The van der Waals surface area contributed by atoms with Gasteiger partial charge >= 0.3 is 0 Å². The SMILES string of the molecule is CCC(C)[Si](Cl)N(CC)CC. The van der Waals surface area contributed by atoms with E-state index in [1.807, 2.05) is 0 Å². The van der Waals surface area contributed by atoms with Crippen LogP contribution >= 0.6 is 11.1 Å². The molecule has 0 aliphatic carbocycles. The van der Waals surface area contributed by atoms with Gasteiger partial charge in [-0.25, -0.2) is 0 Å². The summed E-state index contributed by atoms with van der Waals surface area (Å²) in [5, 5.41) is 0. The van der Waals surface area contributed by atoms with E-state index in [1.54, 1.807) is 0 Å². The molecule has 0 aromatic heterocycles. The van der Waals surface area contributed by atoms with Crippen LogP contribution in [-0.2, 0) is 0 Å². The van der Waals surface area contributed by atoms with Crippen LogP contribution in [0.5, 0.6) is 0 Å². The summed E-state index contributed by atoms with van der Waals surface area (Å²) in [7, 11) is -0.753. The van der Waals surface area contributed by atoms with Crippen LogP contribution in [0.1, 0.15) is 34.1 Å². The molecule has 0 N–H and O–H groups in total. The van der Waals surface area contributed by atoms with Crippen molar-refractivity contribution in [2.24, 2.45) is 0 Å². The molecule has 0 aromatic carbocycles. The topological polar surface area (TPSA) is 3.24 Å². The lowest BCUT2D eigenvalue weighted by Gasteiger charge is -2.26. The third-order valence-electron chi connectivity index (χ3n) is 2.08. The van der Waals surface area contributed by atoms with E-state index < -0.39 is 8.27 Å². The Kier molecular flexibility index (Phi) is 6.29. The lowest BCUT2D eigenvalue weighted by molar-refractivity contribution is 0.478. The molecule has 0 aromatic rings. The summed E-state index contributed by atoms with van der Waals surface area (Å²) in [5.41, 5.74) is 0.696. The maximum Gasteiger partial charge on any atom is 0.254 e. The zero-order chi connectivity index (χ0) is 8.85. The third kappa shape index (κ3) is 3.59. The standard InChI is InChI=1S/C8H19ClNSi/c1-5-8(4)11(9)10(6-2)7-3/h8H,5-7H2,1-4H3. The summed E-state index contributed by atoms with van der Waals surface area (Å²) in [6, 6.07) is 0. The zero-order valence-electron chi connectivity index (χ0n) is 8.02. The second kappa shape index (κ2) is 6.04. The second-order valence-electron chi connectivity index (χ2n) is 2.80. The molecule has 0 spiro atoms. The fourth-order valence-electron chi connectivity index (χ4n) is 1.01. The van der Waals surface area contributed by atoms with Crippen molar-refractivity contribution in [1.82, 2.24) is 4.57 Å². The number of nitrogens with zero attached hydrogens (tertiary/aromatic N) is 1. The molecular formula is C8H19ClNSi. The van der Waals surface area contributed by atoms with Gasteiger partial charge in [-0.1, -0.05) is 34.1 Å². The van der Waals surface area contributed by atoms with Crippen molar-refractivity contribution in [1.29, 1.82) is 0 Å². The Morgan fingerprint density at radius 3 is 2.00 bits per heavy atom. The van der Waals surface area contributed by atoms with Gasteiger partial charge in [-0.3, -0.25) is 0 Å². The van der Waals surface area contributed by atoms with Crippen LogP contribution < -0.4 is 0 Å². The van der Waals surface area contributed by atoms with Crippen molar-refractivity contribution in [3.63, 3.8) is 0 Å². The summed E-state index contributed by atoms with van der Waals surface area (Å²) in [6.07, 6.45) is 1.20. The quantitative estimate of drug-likeness (QED) is 0.479. The van der Waals surface area contributed by atoms with Crippen LogP contribution in [0.15, 0.2) is 0 Å². The van der Waals surface area contributed by atoms with Gasteiger partial charge < -0.3 is 4.57 Å². The molecule has 3 heteroatoms. The highest BCUT2D eigenvalue weighted by atomic mass is 35.6. The maximum atomic E-state index is 6.33. The van der Waals surface area contributed by atoms with Gasteiger partial charge in [-0.15, -0.1) is 11.1 Å². The van der Waals surface area contributed by atoms with Crippen LogP contribution in [0, 0.1) is 0 Å². The molecule has 0 rings (SSSR count). The van der Waals surface area contributed by atoms with Gasteiger partial charge in [0.25, 0.3) is 8.27 Å². The molecule has 0 saturated heterocycles. The highest BCUT2D eigenvalue weighted by Crippen LogP contribution is 2.19. The molecule has 0 fully saturated rings. The number of hydrogen-bond acceptors (Lipinski definition) is 1. The van der Waals surface area contributed by atoms with Crippen molar-refractivity contribution >= 4 is 19.3 Å². The molecule has 0 heterocycles. The minimum absolute atomic E-state index is 0.696. The average molecular weight is 193 g/mol. The number of rotatable bonds is 5. The van der Waals surface area contributed by atoms with Gasteiger partial charge in [0.15, 0.2) is 0 Å². The van der Waals surface area contributed by atoms with Gasteiger partial charge in [0.1, 0.15) is 0 Å². The smallest absolute Gasteiger partial charge is 0.254 e. The highest BCUT2D eigenvalue weighted by molar-refractivity contribution is 7.06. The van der Waals surface area contributed by atoms with Crippen molar-refractivity contribution in [2.75, 3.05) is 13.1 Å². The third-order valence-corrected chi connectivity index (χ3v) is 6.38. The summed E-state index contributed by atoms with van der Waals surface area (Å²) in [5.74, 6) is 0. The molecule has 0 aliphatic rings. The van der Waals surface area contributed by atoms with E-state index in [0.29, 0.717) is 5.54 Å². The van der Waals surface area contributed by atoms with Crippen molar-refractivity contribution in [3.05, 3.63) is 0 Å². The van der Waals surface area contributed by atoms with Crippen molar-refractivity contribution in [3.8, 4) is 0 Å². The molecule has 0 amide bonds. The predicted molar refractivity (Wildman–Crippen MR) is 54.2 cm³/mol. The largest absolute Gasteiger partial charge is 0.312 e. The number of halogens is 1. The van der Waals surface area contributed by atoms with E-state index in [-0.39, 0.29) is 0 Å². The first-order chi connectivity index (χ1) is 5.17.